The lowest BCUT2D eigenvalue weighted by atomic mass is 10.0. The first-order chi connectivity index (χ1) is 17.4. The SMILES string of the molecule is CNc1nccc(Oc2ccc(NC(=O)C3(C(=O)Nc4ccc(F)cc4)CC3)cc2F)c1/C=N/OC. The maximum Gasteiger partial charge on any atom is 0.240 e. The second-order valence-electron chi connectivity index (χ2n) is 7.98. The highest BCUT2D eigenvalue weighted by atomic mass is 19.1. The van der Waals surface area contributed by atoms with Crippen LogP contribution >= 0.6 is 0 Å². The Morgan fingerprint density at radius 1 is 1.00 bits per heavy atom. The van der Waals surface area contributed by atoms with Crippen molar-refractivity contribution in [3.8, 4) is 11.5 Å². The maximum atomic E-state index is 14.9. The van der Waals surface area contributed by atoms with Crippen LogP contribution in [0.1, 0.15) is 18.4 Å². The Hall–Kier alpha value is -4.54. The molecule has 2 aromatic carbocycles. The summed E-state index contributed by atoms with van der Waals surface area (Å²) in [4.78, 5) is 34.4. The molecule has 1 fully saturated rings. The normalized spacial score (nSPS) is 13.7. The van der Waals surface area contributed by atoms with Crippen molar-refractivity contribution >= 4 is 35.2 Å². The van der Waals surface area contributed by atoms with Crippen LogP contribution in [0.5, 0.6) is 11.5 Å². The number of amides is 2. The molecule has 3 aromatic rings. The van der Waals surface area contributed by atoms with Gasteiger partial charge in [-0.05, 0) is 55.3 Å². The predicted octanol–water partition coefficient (Wildman–Crippen LogP) is 4.53. The number of carbonyl (C=O) groups excluding carboxylic acids is 2. The Labute approximate surface area is 205 Å². The van der Waals surface area contributed by atoms with Gasteiger partial charge in [0, 0.05) is 30.7 Å². The molecule has 0 radical (unpaired) electrons. The molecule has 0 spiro atoms. The van der Waals surface area contributed by atoms with Gasteiger partial charge in [-0.15, -0.1) is 0 Å². The third kappa shape index (κ3) is 5.24. The van der Waals surface area contributed by atoms with Crippen molar-refractivity contribution in [2.24, 2.45) is 10.6 Å². The van der Waals surface area contributed by atoms with Crippen molar-refractivity contribution in [1.82, 2.24) is 4.98 Å². The molecule has 1 aliphatic rings. The van der Waals surface area contributed by atoms with Gasteiger partial charge in [0.1, 0.15) is 29.9 Å². The molecular formula is C25H23F2N5O4. The first-order valence-corrected chi connectivity index (χ1v) is 11.0. The van der Waals surface area contributed by atoms with E-state index in [2.05, 4.69) is 26.1 Å². The molecule has 0 atom stereocenters. The maximum absolute atomic E-state index is 14.9. The number of oxime groups is 1. The fourth-order valence-corrected chi connectivity index (χ4v) is 3.47. The van der Waals surface area contributed by atoms with Crippen molar-refractivity contribution < 1.29 is 27.9 Å². The number of benzene rings is 2. The average molecular weight is 495 g/mol. The predicted molar refractivity (Wildman–Crippen MR) is 130 cm³/mol. The number of ether oxygens (including phenoxy) is 1. The minimum atomic E-state index is -1.27. The second-order valence-corrected chi connectivity index (χ2v) is 7.98. The van der Waals surface area contributed by atoms with E-state index in [1.54, 1.807) is 13.1 Å². The molecular weight excluding hydrogens is 472 g/mol. The molecule has 0 aliphatic heterocycles. The number of hydrogen-bond acceptors (Lipinski definition) is 7. The molecule has 0 bridgehead atoms. The van der Waals surface area contributed by atoms with Crippen LogP contribution in [0.3, 0.4) is 0 Å². The molecule has 36 heavy (non-hydrogen) atoms. The molecule has 1 heterocycles. The van der Waals surface area contributed by atoms with E-state index < -0.39 is 28.9 Å². The number of nitrogens with one attached hydrogen (secondary N) is 3. The van der Waals surface area contributed by atoms with Gasteiger partial charge in [-0.1, -0.05) is 5.16 Å². The second kappa shape index (κ2) is 10.4. The van der Waals surface area contributed by atoms with Crippen LogP contribution in [0.4, 0.5) is 26.0 Å². The van der Waals surface area contributed by atoms with Crippen LogP contribution in [0, 0.1) is 17.0 Å². The van der Waals surface area contributed by atoms with Crippen molar-refractivity contribution in [3.63, 3.8) is 0 Å². The van der Waals surface area contributed by atoms with Crippen LogP contribution < -0.4 is 20.7 Å². The van der Waals surface area contributed by atoms with Crippen LogP contribution in [0.15, 0.2) is 59.9 Å². The summed E-state index contributed by atoms with van der Waals surface area (Å²) in [6.07, 6.45) is 3.56. The molecule has 4 rings (SSSR count). The van der Waals surface area contributed by atoms with Crippen molar-refractivity contribution in [3.05, 3.63) is 71.9 Å². The lowest BCUT2D eigenvalue weighted by molar-refractivity contribution is -0.131. The van der Waals surface area contributed by atoms with E-state index in [1.807, 2.05) is 0 Å². The summed E-state index contributed by atoms with van der Waals surface area (Å²) in [5.74, 6) is -1.59. The number of rotatable bonds is 9. The quantitative estimate of drug-likeness (QED) is 0.228. The topological polar surface area (TPSA) is 114 Å². The van der Waals surface area contributed by atoms with E-state index in [9.17, 15) is 18.4 Å². The van der Waals surface area contributed by atoms with Gasteiger partial charge in [0.15, 0.2) is 11.6 Å². The van der Waals surface area contributed by atoms with Gasteiger partial charge in [-0.3, -0.25) is 9.59 Å². The lowest BCUT2D eigenvalue weighted by Crippen LogP contribution is -2.35. The minimum absolute atomic E-state index is 0.0940. The van der Waals surface area contributed by atoms with Gasteiger partial charge >= 0.3 is 0 Å². The van der Waals surface area contributed by atoms with Gasteiger partial charge in [0.2, 0.25) is 11.8 Å². The number of hydrogen-bond donors (Lipinski definition) is 3. The molecule has 9 nitrogen and oxygen atoms in total. The first-order valence-electron chi connectivity index (χ1n) is 11.0. The smallest absolute Gasteiger partial charge is 0.240 e. The van der Waals surface area contributed by atoms with E-state index in [1.165, 1.54) is 55.9 Å². The Balaban J connectivity index is 1.46. The number of pyridine rings is 1. The zero-order chi connectivity index (χ0) is 25.7. The molecule has 1 aromatic heterocycles. The van der Waals surface area contributed by atoms with Gasteiger partial charge in [-0.25, -0.2) is 13.8 Å². The largest absolute Gasteiger partial charge is 0.453 e. The van der Waals surface area contributed by atoms with Crippen molar-refractivity contribution in [2.75, 3.05) is 30.1 Å². The van der Waals surface area contributed by atoms with Gasteiger partial charge in [0.25, 0.3) is 0 Å². The standard InChI is InChI=1S/C25H23F2N5O4/c1-28-22-18(14-30-35-2)20(9-12-29-22)36-21-8-7-17(13-19(21)27)32-24(34)25(10-11-25)23(33)31-16-5-3-15(26)4-6-16/h3-9,12-14H,10-11H2,1-2H3,(H,28,29)(H,31,33)(H,32,34)/b30-14+. The van der Waals surface area contributed by atoms with Crippen LogP contribution in [0.2, 0.25) is 0 Å². The zero-order valence-corrected chi connectivity index (χ0v) is 19.5. The summed E-state index contributed by atoms with van der Waals surface area (Å²) < 4.78 is 33.7. The zero-order valence-electron chi connectivity index (χ0n) is 19.5. The van der Waals surface area contributed by atoms with Crippen molar-refractivity contribution in [1.29, 1.82) is 0 Å². The highest BCUT2D eigenvalue weighted by Crippen LogP contribution is 2.47. The Morgan fingerprint density at radius 3 is 2.28 bits per heavy atom. The molecule has 1 aliphatic carbocycles. The molecule has 11 heteroatoms. The van der Waals surface area contributed by atoms with Gasteiger partial charge < -0.3 is 25.5 Å². The van der Waals surface area contributed by atoms with E-state index in [0.717, 1.165) is 6.07 Å². The van der Waals surface area contributed by atoms with E-state index in [4.69, 9.17) is 9.57 Å². The molecule has 1 saturated carbocycles. The molecule has 2 amide bonds. The van der Waals surface area contributed by atoms with Crippen molar-refractivity contribution in [2.45, 2.75) is 12.8 Å². The molecule has 186 valence electrons. The van der Waals surface area contributed by atoms with Crippen LogP contribution in [0.25, 0.3) is 0 Å². The summed E-state index contributed by atoms with van der Waals surface area (Å²) >= 11 is 0. The Kier molecular flexibility index (Phi) is 7.09. The van der Waals surface area contributed by atoms with Crippen LogP contribution in [-0.2, 0) is 14.4 Å². The number of halogens is 2. The van der Waals surface area contributed by atoms with Gasteiger partial charge in [-0.2, -0.15) is 0 Å². The fraction of sp³-hybridized carbons (Fsp3) is 0.200. The monoisotopic (exact) mass is 495 g/mol. The third-order valence-electron chi connectivity index (χ3n) is 5.61. The number of aromatic nitrogens is 1. The summed E-state index contributed by atoms with van der Waals surface area (Å²) in [7, 11) is 3.05. The fourth-order valence-electron chi connectivity index (χ4n) is 3.47. The summed E-state index contributed by atoms with van der Waals surface area (Å²) in [6.45, 7) is 0. The number of anilines is 3. The highest BCUT2D eigenvalue weighted by Gasteiger charge is 2.56. The molecule has 3 N–H and O–H groups in total. The Bertz CT molecular complexity index is 1310. The lowest BCUT2D eigenvalue weighted by Gasteiger charge is -2.16. The first kappa shape index (κ1) is 24.6. The third-order valence-corrected chi connectivity index (χ3v) is 5.61. The van der Waals surface area contributed by atoms with Gasteiger partial charge in [0.05, 0.1) is 11.8 Å². The Morgan fingerprint density at radius 2 is 1.67 bits per heavy atom. The number of nitrogens with zero attached hydrogens (tertiary/aromatic N) is 2. The number of carbonyl (C=O) groups is 2. The molecule has 0 saturated heterocycles. The summed E-state index contributed by atoms with van der Waals surface area (Å²) in [5, 5.41) is 11.8. The highest BCUT2D eigenvalue weighted by molar-refractivity contribution is 6.16. The molecule has 0 unspecified atom stereocenters. The minimum Gasteiger partial charge on any atom is -0.453 e. The average Bonchev–Trinajstić information content (AvgIpc) is 3.68. The van der Waals surface area contributed by atoms with E-state index in [0.29, 0.717) is 29.9 Å². The van der Waals surface area contributed by atoms with E-state index in [-0.39, 0.29) is 17.2 Å². The summed E-state index contributed by atoms with van der Waals surface area (Å²) in [6, 6.07) is 10.7. The van der Waals surface area contributed by atoms with Crippen LogP contribution in [-0.4, -0.2) is 37.2 Å². The van der Waals surface area contributed by atoms with E-state index >= 15 is 0 Å². The summed E-state index contributed by atoms with van der Waals surface area (Å²) in [5.41, 5.74) is -0.282.